The van der Waals surface area contributed by atoms with Gasteiger partial charge in [-0.15, -0.1) is 0 Å². The van der Waals surface area contributed by atoms with E-state index in [1.54, 1.807) is 34.0 Å². The molecule has 0 atom stereocenters. The van der Waals surface area contributed by atoms with Crippen molar-refractivity contribution in [3.05, 3.63) is 142 Å². The van der Waals surface area contributed by atoms with Gasteiger partial charge in [0.2, 0.25) is 5.91 Å². The number of aromatic nitrogens is 4. The number of aliphatic imine (C=N–C) groups is 1. The van der Waals surface area contributed by atoms with E-state index in [-0.39, 0.29) is 35.8 Å². The van der Waals surface area contributed by atoms with Gasteiger partial charge in [-0.25, -0.2) is 19.2 Å². The predicted octanol–water partition coefficient (Wildman–Crippen LogP) is 10.8. The first-order chi connectivity index (χ1) is 28.7. The average molecular weight is 895 g/mol. The fourth-order valence-corrected chi connectivity index (χ4v) is 4.53. The maximum absolute atomic E-state index is 12.7. The highest BCUT2D eigenvalue weighted by Crippen LogP contribution is 2.33. The summed E-state index contributed by atoms with van der Waals surface area (Å²) in [5.74, 6) is -2.38. The molecule has 0 bridgehead atoms. The third kappa shape index (κ3) is 17.3. The summed E-state index contributed by atoms with van der Waals surface area (Å²) in [7, 11) is 3.45. The smallest absolute Gasteiger partial charge is 0.416 e. The van der Waals surface area contributed by atoms with E-state index in [0.29, 0.717) is 29.6 Å². The van der Waals surface area contributed by atoms with Crippen molar-refractivity contribution in [3.63, 3.8) is 0 Å². The zero-order chi connectivity index (χ0) is 47.2. The van der Waals surface area contributed by atoms with Gasteiger partial charge in [0.15, 0.2) is 0 Å². The van der Waals surface area contributed by atoms with E-state index >= 15 is 0 Å². The van der Waals surface area contributed by atoms with Gasteiger partial charge < -0.3 is 19.1 Å². The van der Waals surface area contributed by atoms with Gasteiger partial charge in [0.1, 0.15) is 5.82 Å². The minimum atomic E-state index is -4.62. The lowest BCUT2D eigenvalue weighted by Gasteiger charge is -2.12. The van der Waals surface area contributed by atoms with E-state index in [1.165, 1.54) is 69.8 Å². The molecule has 0 radical (unpaired) electrons. The number of alkyl halides is 9. The first-order valence-corrected chi connectivity index (χ1v) is 17.4. The standard InChI is InChI=1S/C12H8F3N3.C12H9F3N2O2.C8H3F4N.C5H7N.C4H9NO.CH4/c1-8-6-17-7-18(8)11-3-9(5-16)2-10(4-11)12(13,14)15;1-7-5-16-6-17(7)10-3-8(11(18)19)2-9(4-10)12(13,14)15;9-7-2-5(4-13)1-6(3-7)8(10,11)12;1-5-2-3-6-4-5;1-4(6)5(2)3;/h2-4,6-7H,1H3;2-6H,1H3,(H,18,19);1-3H;3-4H,2H2,1H3;1-3H3;1H4. The van der Waals surface area contributed by atoms with Crippen LogP contribution in [-0.4, -0.2) is 61.3 Å². The highest BCUT2D eigenvalue weighted by Gasteiger charge is 2.33. The quantitative estimate of drug-likeness (QED) is 0.177. The summed E-state index contributed by atoms with van der Waals surface area (Å²) in [5, 5.41) is 25.9. The molecule has 0 unspecified atom stereocenters. The lowest BCUT2D eigenvalue weighted by atomic mass is 10.1. The number of imidazole rings is 2. The van der Waals surface area contributed by atoms with Crippen LogP contribution in [0, 0.1) is 42.3 Å². The molecule has 3 aromatic carbocycles. The van der Waals surface area contributed by atoms with Gasteiger partial charge in [0.25, 0.3) is 0 Å². The van der Waals surface area contributed by atoms with Gasteiger partial charge in [0, 0.05) is 75.0 Å². The minimum absolute atomic E-state index is 0. The van der Waals surface area contributed by atoms with Crippen LogP contribution in [0.15, 0.2) is 96.4 Å². The number of amides is 1. The molecule has 1 N–H and O–H groups in total. The zero-order valence-corrected chi connectivity index (χ0v) is 33.5. The van der Waals surface area contributed by atoms with Gasteiger partial charge in [-0.05, 0) is 80.9 Å². The van der Waals surface area contributed by atoms with Crippen LogP contribution in [0.4, 0.5) is 43.9 Å². The van der Waals surface area contributed by atoms with Crippen LogP contribution in [0.25, 0.3) is 11.4 Å². The first-order valence-electron chi connectivity index (χ1n) is 17.4. The Morgan fingerprint density at radius 3 is 1.43 bits per heavy atom. The summed E-state index contributed by atoms with van der Waals surface area (Å²) in [4.78, 5) is 34.0. The number of allylic oxidation sites excluding steroid dienone is 1. The largest absolute Gasteiger partial charge is 0.478 e. The third-order valence-corrected chi connectivity index (χ3v) is 7.87. The number of rotatable bonds is 3. The summed E-state index contributed by atoms with van der Waals surface area (Å²) < 4.78 is 128. The van der Waals surface area contributed by atoms with Crippen molar-refractivity contribution in [1.29, 1.82) is 10.5 Å². The van der Waals surface area contributed by atoms with Gasteiger partial charge >= 0.3 is 24.5 Å². The molecule has 1 aliphatic rings. The molecule has 1 amide bonds. The number of carbonyl (C=O) groups is 2. The molecule has 336 valence electrons. The molecule has 0 aliphatic carbocycles. The highest BCUT2D eigenvalue weighted by molar-refractivity contribution is 5.88. The number of carboxylic acid groups (broad SMARTS) is 1. The summed E-state index contributed by atoms with van der Waals surface area (Å²) in [6.07, 6.45) is -3.09. The molecule has 21 heteroatoms. The van der Waals surface area contributed by atoms with Gasteiger partial charge in [0.05, 0.1) is 58.2 Å². The van der Waals surface area contributed by atoms with Crippen molar-refractivity contribution >= 4 is 18.1 Å². The van der Waals surface area contributed by atoms with Crippen molar-refractivity contribution in [2.45, 2.75) is 60.1 Å². The monoisotopic (exact) mass is 894 g/mol. The SMILES string of the molecule is C.CC(=O)N(C)C.CC1=CN=CC1.Cc1cncn1-c1cc(C#N)cc(C(F)(F)F)c1.Cc1cncn1-c1cc(C(=O)O)cc(C(F)(F)F)c1.N#Cc1cc(F)cc(C(F)(F)F)c1. The lowest BCUT2D eigenvalue weighted by Crippen LogP contribution is -2.17. The Labute approximate surface area is 355 Å². The molecule has 3 heterocycles. The zero-order valence-electron chi connectivity index (χ0n) is 33.5. The second kappa shape index (κ2) is 23.1. The minimum Gasteiger partial charge on any atom is -0.478 e. The van der Waals surface area contributed by atoms with Crippen LogP contribution in [0.5, 0.6) is 0 Å². The molecule has 0 saturated carbocycles. The van der Waals surface area contributed by atoms with Crippen LogP contribution in [-0.2, 0) is 23.3 Å². The second-order valence-electron chi connectivity index (χ2n) is 13.0. The number of nitriles is 2. The Hall–Kier alpha value is -7.29. The summed E-state index contributed by atoms with van der Waals surface area (Å²) >= 11 is 0. The van der Waals surface area contributed by atoms with Crippen LogP contribution < -0.4 is 0 Å². The van der Waals surface area contributed by atoms with Crippen molar-refractivity contribution in [3.8, 4) is 23.5 Å². The molecular weight excluding hydrogens is 854 g/mol. The Kier molecular flexibility index (Phi) is 19.7. The second-order valence-corrected chi connectivity index (χ2v) is 13.0. The Morgan fingerprint density at radius 1 is 0.698 bits per heavy atom. The van der Waals surface area contributed by atoms with E-state index in [2.05, 4.69) is 21.9 Å². The predicted molar refractivity (Wildman–Crippen MR) is 212 cm³/mol. The molecule has 0 fully saturated rings. The van der Waals surface area contributed by atoms with E-state index in [4.69, 9.17) is 15.6 Å². The molecule has 6 rings (SSSR count). The number of carboxylic acids is 1. The number of hydrogen-bond donors (Lipinski definition) is 1. The van der Waals surface area contributed by atoms with Crippen molar-refractivity contribution in [2.24, 2.45) is 4.99 Å². The van der Waals surface area contributed by atoms with Gasteiger partial charge in [-0.2, -0.15) is 50.0 Å². The molecule has 0 saturated heterocycles. The molecule has 63 heavy (non-hydrogen) atoms. The molecule has 0 spiro atoms. The van der Waals surface area contributed by atoms with Crippen LogP contribution in [0.3, 0.4) is 0 Å². The molecule has 5 aromatic rings. The fraction of sp³-hybridized carbons (Fsp3) is 0.262. The third-order valence-electron chi connectivity index (χ3n) is 7.87. The molecule has 1 aliphatic heterocycles. The Balaban J connectivity index is 0.000000419. The van der Waals surface area contributed by atoms with Gasteiger partial charge in [-0.3, -0.25) is 9.79 Å². The number of benzene rings is 3. The van der Waals surface area contributed by atoms with E-state index in [0.717, 1.165) is 30.7 Å². The normalized spacial score (nSPS) is 11.5. The number of hydrogen-bond acceptors (Lipinski definition) is 7. The topological polar surface area (TPSA) is 153 Å². The molecule has 2 aromatic heterocycles. The number of nitrogens with zero attached hydrogens (tertiary/aromatic N) is 8. The fourth-order valence-electron chi connectivity index (χ4n) is 4.53. The molecule has 11 nitrogen and oxygen atoms in total. The first kappa shape index (κ1) is 53.7. The average Bonchev–Trinajstić information content (AvgIpc) is 3.96. The van der Waals surface area contributed by atoms with Gasteiger partial charge in [-0.1, -0.05) is 7.43 Å². The number of aromatic carboxylic acids is 1. The Morgan fingerprint density at radius 2 is 1.11 bits per heavy atom. The van der Waals surface area contributed by atoms with Crippen LogP contribution >= 0.6 is 0 Å². The Bertz CT molecular complexity index is 2480. The number of aryl methyl sites for hydroxylation is 2. The van der Waals surface area contributed by atoms with E-state index < -0.39 is 52.6 Å². The van der Waals surface area contributed by atoms with Crippen molar-refractivity contribution < 1.29 is 58.6 Å². The molecular formula is C42H40F10N8O3. The summed E-state index contributed by atoms with van der Waals surface area (Å²) in [5.41, 5.74) is -0.746. The number of carbonyl (C=O) groups excluding carboxylic acids is 1. The summed E-state index contributed by atoms with van der Waals surface area (Å²) in [6.45, 7) is 6.99. The van der Waals surface area contributed by atoms with Crippen LogP contribution in [0.2, 0.25) is 0 Å². The summed E-state index contributed by atoms with van der Waals surface area (Å²) in [6, 6.07) is 10.8. The van der Waals surface area contributed by atoms with Crippen LogP contribution in [0.1, 0.15) is 77.3 Å². The van der Waals surface area contributed by atoms with E-state index in [1.807, 2.05) is 12.4 Å². The van der Waals surface area contributed by atoms with Crippen molar-refractivity contribution in [1.82, 2.24) is 24.0 Å². The number of halogens is 10. The maximum Gasteiger partial charge on any atom is 0.416 e. The van der Waals surface area contributed by atoms with E-state index in [9.17, 15) is 53.5 Å². The lowest BCUT2D eigenvalue weighted by molar-refractivity contribution is -0.138. The maximum atomic E-state index is 12.7. The van der Waals surface area contributed by atoms with Crippen molar-refractivity contribution in [2.75, 3.05) is 14.1 Å². The highest BCUT2D eigenvalue weighted by atomic mass is 19.4.